The van der Waals surface area contributed by atoms with E-state index in [1.165, 1.54) is 42.7 Å². The lowest BCUT2D eigenvalue weighted by Gasteiger charge is -2.05. The van der Waals surface area contributed by atoms with E-state index in [0.717, 1.165) is 44.9 Å². The first-order valence-corrected chi connectivity index (χ1v) is 13.1. The highest BCUT2D eigenvalue weighted by Crippen LogP contribution is 2.31. The molecule has 6 nitrogen and oxygen atoms in total. The van der Waals surface area contributed by atoms with E-state index in [9.17, 15) is 10.1 Å². The van der Waals surface area contributed by atoms with Gasteiger partial charge in [-0.15, -0.1) is 11.3 Å². The molecule has 37 heavy (non-hydrogen) atoms. The number of allylic oxidation sites excluding steroid dienone is 1. The second-order valence-corrected chi connectivity index (χ2v) is 9.82. The number of nitrogens with zero attached hydrogens (tertiary/aromatic N) is 3. The zero-order chi connectivity index (χ0) is 26.2. The van der Waals surface area contributed by atoms with E-state index >= 15 is 0 Å². The first-order valence-electron chi connectivity index (χ1n) is 12.3. The minimum atomic E-state index is -0.965. The Morgan fingerprint density at radius 1 is 1.14 bits per heavy atom. The van der Waals surface area contributed by atoms with Gasteiger partial charge in [0.2, 0.25) is 0 Å². The van der Waals surface area contributed by atoms with Crippen LogP contribution >= 0.6 is 11.3 Å². The summed E-state index contributed by atoms with van der Waals surface area (Å²) in [5.74, 6) is -0.178. The number of rotatable bonds is 11. The number of carboxylic acid groups (broad SMARTS) is 1. The summed E-state index contributed by atoms with van der Waals surface area (Å²) >= 11 is 1.49. The number of nitriles is 1. The second-order valence-electron chi connectivity index (χ2n) is 8.70. The van der Waals surface area contributed by atoms with Crippen molar-refractivity contribution in [1.29, 1.82) is 5.26 Å². The Kier molecular flexibility index (Phi) is 8.55. The highest BCUT2D eigenvalue weighted by atomic mass is 32.1. The van der Waals surface area contributed by atoms with E-state index in [2.05, 4.69) is 34.8 Å². The summed E-state index contributed by atoms with van der Waals surface area (Å²) < 4.78 is 7.74. The van der Waals surface area contributed by atoms with Crippen LogP contribution in [0.1, 0.15) is 58.3 Å². The quantitative estimate of drug-likeness (QED) is 0.126. The van der Waals surface area contributed by atoms with Crippen molar-refractivity contribution in [2.75, 3.05) is 7.11 Å². The van der Waals surface area contributed by atoms with Crippen LogP contribution in [-0.4, -0.2) is 29.0 Å². The number of carbonyl (C=O) groups is 1. The summed E-state index contributed by atoms with van der Waals surface area (Å²) in [5.41, 5.74) is 3.60. The van der Waals surface area contributed by atoms with Crippen molar-refractivity contribution < 1.29 is 14.6 Å². The Bertz CT molecular complexity index is 1490. The molecular formula is C30H29N3O3S. The average molecular weight is 512 g/mol. The third-order valence-corrected chi connectivity index (χ3v) is 7.19. The normalized spacial score (nSPS) is 11.8. The smallest absolute Gasteiger partial charge is 0.335 e. The second kappa shape index (κ2) is 12.2. The third kappa shape index (κ3) is 6.35. The van der Waals surface area contributed by atoms with Gasteiger partial charge < -0.3 is 14.4 Å². The fraction of sp³-hybridized carbons (Fsp3) is 0.233. The number of aryl methyl sites for hydroxylation is 1. The Balaban J connectivity index is 1.60. The maximum Gasteiger partial charge on any atom is 0.335 e. The minimum absolute atomic E-state index is 0.223. The molecule has 0 aliphatic heterocycles. The summed E-state index contributed by atoms with van der Waals surface area (Å²) in [6.45, 7) is 3.15. The lowest BCUT2D eigenvalue weighted by atomic mass is 10.1. The molecule has 2 aromatic heterocycles. The van der Waals surface area contributed by atoms with Gasteiger partial charge in [0, 0.05) is 45.2 Å². The van der Waals surface area contributed by atoms with Crippen LogP contribution < -0.4 is 4.74 Å². The summed E-state index contributed by atoms with van der Waals surface area (Å²) in [7, 11) is 1.66. The summed E-state index contributed by atoms with van der Waals surface area (Å²) in [4.78, 5) is 17.2. The Labute approximate surface area is 220 Å². The van der Waals surface area contributed by atoms with Gasteiger partial charge in [0.15, 0.2) is 0 Å². The number of benzene rings is 2. The van der Waals surface area contributed by atoms with Gasteiger partial charge in [0.05, 0.1) is 23.9 Å². The Morgan fingerprint density at radius 2 is 1.95 bits per heavy atom. The molecule has 0 saturated carbocycles. The van der Waals surface area contributed by atoms with Crippen LogP contribution in [0.2, 0.25) is 0 Å². The van der Waals surface area contributed by atoms with Crippen molar-refractivity contribution in [3.05, 3.63) is 81.7 Å². The monoisotopic (exact) mass is 511 g/mol. The summed E-state index contributed by atoms with van der Waals surface area (Å²) in [5, 5.41) is 20.1. The van der Waals surface area contributed by atoms with Crippen LogP contribution in [0.3, 0.4) is 0 Å². The molecule has 0 spiro atoms. The van der Waals surface area contributed by atoms with Gasteiger partial charge in [-0.05, 0) is 67.1 Å². The van der Waals surface area contributed by atoms with E-state index in [4.69, 9.17) is 9.84 Å². The van der Waals surface area contributed by atoms with Gasteiger partial charge in [-0.3, -0.25) is 4.99 Å². The van der Waals surface area contributed by atoms with Crippen LogP contribution in [0.15, 0.2) is 65.8 Å². The van der Waals surface area contributed by atoms with Crippen molar-refractivity contribution in [2.24, 2.45) is 4.99 Å². The predicted octanol–water partition coefficient (Wildman–Crippen LogP) is 7.80. The van der Waals surface area contributed by atoms with E-state index in [-0.39, 0.29) is 5.56 Å². The lowest BCUT2D eigenvalue weighted by Crippen LogP contribution is -1.96. The largest absolute Gasteiger partial charge is 0.497 e. The van der Waals surface area contributed by atoms with E-state index in [1.807, 2.05) is 30.3 Å². The number of thiophene rings is 1. The Hall–Kier alpha value is -4.15. The first-order chi connectivity index (χ1) is 18.0. The maximum absolute atomic E-state index is 11.0. The number of fused-ring (bicyclic) bond motifs is 1. The molecular weight excluding hydrogens is 482 g/mol. The molecule has 0 bridgehead atoms. The Morgan fingerprint density at radius 3 is 2.65 bits per heavy atom. The molecule has 0 fully saturated rings. The van der Waals surface area contributed by atoms with Crippen molar-refractivity contribution in [2.45, 2.75) is 39.2 Å². The fourth-order valence-corrected chi connectivity index (χ4v) is 4.99. The predicted molar refractivity (Wildman–Crippen MR) is 151 cm³/mol. The maximum atomic E-state index is 11.0. The highest BCUT2D eigenvalue weighted by Gasteiger charge is 2.12. The number of ether oxygens (including phenoxy) is 1. The molecule has 0 unspecified atom stereocenters. The molecule has 4 rings (SSSR count). The van der Waals surface area contributed by atoms with Crippen LogP contribution in [0.25, 0.3) is 22.6 Å². The van der Waals surface area contributed by atoms with Gasteiger partial charge >= 0.3 is 5.97 Å². The van der Waals surface area contributed by atoms with Crippen LogP contribution in [-0.2, 0) is 6.54 Å². The zero-order valence-corrected chi connectivity index (χ0v) is 21.8. The van der Waals surface area contributed by atoms with Crippen molar-refractivity contribution in [3.8, 4) is 11.8 Å². The molecule has 0 amide bonds. The number of aliphatic imine (C=N–C) groups is 1. The van der Waals surface area contributed by atoms with Gasteiger partial charge in [-0.2, -0.15) is 5.26 Å². The number of methoxy groups -OCH3 is 1. The molecule has 0 atom stereocenters. The van der Waals surface area contributed by atoms with Gasteiger partial charge in [0.25, 0.3) is 0 Å². The van der Waals surface area contributed by atoms with Crippen molar-refractivity contribution in [3.63, 3.8) is 0 Å². The lowest BCUT2D eigenvalue weighted by molar-refractivity contribution is 0.0697. The fourth-order valence-electron chi connectivity index (χ4n) is 4.15. The standard InChI is InChI=1S/C30H29N3O3S/c1-3-4-5-6-15-33-20-23(27-17-25(36-2)11-13-28(27)33)16-22(18-31)29-14-12-26(37-29)19-32-24-9-7-21(8-10-24)30(34)35/h7-14,16-17,19-20H,3-6,15H2,1-2H3,(H,34,35)/b22-16-,32-19?. The SMILES string of the molecule is CCCCCCn1cc(/C=C(/C#N)c2ccc(C=Nc3ccc(C(=O)O)cc3)s2)c2cc(OC)ccc21. The van der Waals surface area contributed by atoms with E-state index in [0.29, 0.717) is 11.3 Å². The number of hydrogen-bond donors (Lipinski definition) is 1. The minimum Gasteiger partial charge on any atom is -0.497 e. The van der Waals surface area contributed by atoms with Crippen molar-refractivity contribution >= 4 is 51.8 Å². The molecule has 188 valence electrons. The number of carboxylic acids is 1. The highest BCUT2D eigenvalue weighted by molar-refractivity contribution is 7.14. The molecule has 0 saturated heterocycles. The zero-order valence-electron chi connectivity index (χ0n) is 21.0. The van der Waals surface area contributed by atoms with E-state index < -0.39 is 5.97 Å². The number of aromatic carboxylic acids is 1. The van der Waals surface area contributed by atoms with Gasteiger partial charge in [-0.25, -0.2) is 4.79 Å². The number of hydrogen-bond acceptors (Lipinski definition) is 5. The molecule has 2 aromatic carbocycles. The number of aromatic nitrogens is 1. The molecule has 0 aliphatic rings. The molecule has 1 N–H and O–H groups in total. The van der Waals surface area contributed by atoms with Crippen LogP contribution in [0.4, 0.5) is 5.69 Å². The molecule has 2 heterocycles. The molecule has 7 heteroatoms. The molecule has 0 radical (unpaired) electrons. The van der Waals surface area contributed by atoms with E-state index in [1.54, 1.807) is 25.5 Å². The molecule has 0 aliphatic carbocycles. The topological polar surface area (TPSA) is 87.6 Å². The van der Waals surface area contributed by atoms with Gasteiger partial charge in [0.1, 0.15) is 11.8 Å². The summed E-state index contributed by atoms with van der Waals surface area (Å²) in [6.07, 6.45) is 10.6. The molecule has 4 aromatic rings. The summed E-state index contributed by atoms with van der Waals surface area (Å²) in [6, 6.07) is 18.7. The first kappa shape index (κ1) is 25.9. The number of unbranched alkanes of at least 4 members (excludes halogenated alkanes) is 3. The van der Waals surface area contributed by atoms with Crippen molar-refractivity contribution in [1.82, 2.24) is 4.57 Å². The van der Waals surface area contributed by atoms with Gasteiger partial charge in [-0.1, -0.05) is 26.2 Å². The van der Waals surface area contributed by atoms with Crippen LogP contribution in [0.5, 0.6) is 5.75 Å². The average Bonchev–Trinajstić information content (AvgIpc) is 3.53. The third-order valence-electron chi connectivity index (χ3n) is 6.14. The van der Waals surface area contributed by atoms with Crippen LogP contribution in [0, 0.1) is 11.3 Å².